The van der Waals surface area contributed by atoms with E-state index < -0.39 is 5.97 Å². The van der Waals surface area contributed by atoms with Crippen LogP contribution in [-0.4, -0.2) is 55.5 Å². The molecule has 0 aromatic heterocycles. The standard InChI is InChI=1S/C23H29N3O5/c1-5-26(15-22(28)25-19-7-6-8-20(13-19)30-4)14-21(27)24-18-11-9-17(10-12-18)23(29)31-16(2)3/h6-13,16H,5,14-15H2,1-4H3,(H,24,27)(H,25,28). The van der Waals surface area contributed by atoms with E-state index >= 15 is 0 Å². The molecule has 0 radical (unpaired) electrons. The fraction of sp³-hybridized carbons (Fsp3) is 0.348. The fourth-order valence-corrected chi connectivity index (χ4v) is 2.76. The molecule has 2 amide bonds. The van der Waals surface area contributed by atoms with Crippen molar-refractivity contribution in [2.24, 2.45) is 0 Å². The van der Waals surface area contributed by atoms with Gasteiger partial charge in [-0.3, -0.25) is 14.5 Å². The van der Waals surface area contributed by atoms with Crippen molar-refractivity contribution in [2.45, 2.75) is 26.9 Å². The maximum atomic E-state index is 12.4. The van der Waals surface area contributed by atoms with Gasteiger partial charge in [0.2, 0.25) is 11.8 Å². The summed E-state index contributed by atoms with van der Waals surface area (Å²) in [6, 6.07) is 13.5. The number of carbonyl (C=O) groups excluding carboxylic acids is 3. The third-order valence-electron chi connectivity index (χ3n) is 4.28. The van der Waals surface area contributed by atoms with Gasteiger partial charge in [-0.2, -0.15) is 0 Å². The van der Waals surface area contributed by atoms with Crippen LogP contribution in [0.3, 0.4) is 0 Å². The molecule has 0 bridgehead atoms. The van der Waals surface area contributed by atoms with Gasteiger partial charge in [-0.15, -0.1) is 0 Å². The van der Waals surface area contributed by atoms with Crippen molar-refractivity contribution in [2.75, 3.05) is 37.4 Å². The first-order chi connectivity index (χ1) is 14.8. The first-order valence-corrected chi connectivity index (χ1v) is 10.1. The average Bonchev–Trinajstić information content (AvgIpc) is 2.73. The first-order valence-electron chi connectivity index (χ1n) is 10.1. The van der Waals surface area contributed by atoms with Crippen LogP contribution in [-0.2, 0) is 14.3 Å². The highest BCUT2D eigenvalue weighted by molar-refractivity contribution is 5.95. The highest BCUT2D eigenvalue weighted by Crippen LogP contribution is 2.16. The van der Waals surface area contributed by atoms with Gasteiger partial charge in [0, 0.05) is 17.4 Å². The number of ether oxygens (including phenoxy) is 2. The molecule has 2 aromatic carbocycles. The van der Waals surface area contributed by atoms with E-state index in [-0.39, 0.29) is 31.0 Å². The lowest BCUT2D eigenvalue weighted by atomic mass is 10.2. The van der Waals surface area contributed by atoms with Crippen LogP contribution in [0.4, 0.5) is 11.4 Å². The van der Waals surface area contributed by atoms with E-state index in [2.05, 4.69) is 10.6 Å². The highest BCUT2D eigenvalue weighted by atomic mass is 16.5. The normalized spacial score (nSPS) is 10.6. The van der Waals surface area contributed by atoms with Gasteiger partial charge in [0.05, 0.1) is 31.9 Å². The van der Waals surface area contributed by atoms with Crippen LogP contribution in [0.1, 0.15) is 31.1 Å². The topological polar surface area (TPSA) is 97.0 Å². The van der Waals surface area contributed by atoms with Crippen LogP contribution < -0.4 is 15.4 Å². The molecule has 0 saturated carbocycles. The maximum Gasteiger partial charge on any atom is 0.338 e. The quantitative estimate of drug-likeness (QED) is 0.566. The van der Waals surface area contributed by atoms with Gasteiger partial charge in [0.1, 0.15) is 5.75 Å². The predicted molar refractivity (Wildman–Crippen MR) is 119 cm³/mol. The number of hydrogen-bond acceptors (Lipinski definition) is 6. The molecule has 166 valence electrons. The van der Waals surface area contributed by atoms with Gasteiger partial charge in [-0.1, -0.05) is 13.0 Å². The number of rotatable bonds is 10. The van der Waals surface area contributed by atoms with Gasteiger partial charge in [0.25, 0.3) is 0 Å². The largest absolute Gasteiger partial charge is 0.497 e. The monoisotopic (exact) mass is 427 g/mol. The van der Waals surface area contributed by atoms with Crippen molar-refractivity contribution in [1.82, 2.24) is 4.90 Å². The number of esters is 1. The van der Waals surface area contributed by atoms with Gasteiger partial charge in [-0.25, -0.2) is 4.79 Å². The predicted octanol–water partition coefficient (Wildman–Crippen LogP) is 3.16. The molecular formula is C23H29N3O5. The molecule has 2 rings (SSSR count). The van der Waals surface area contributed by atoms with Crippen molar-refractivity contribution >= 4 is 29.2 Å². The summed E-state index contributed by atoms with van der Waals surface area (Å²) in [5.74, 6) is -0.246. The number of methoxy groups -OCH3 is 1. The molecule has 0 aliphatic heterocycles. The Kier molecular flexibility index (Phi) is 9.02. The molecule has 0 aliphatic carbocycles. The van der Waals surface area contributed by atoms with Crippen molar-refractivity contribution in [3.8, 4) is 5.75 Å². The number of likely N-dealkylation sites (N-methyl/N-ethyl adjacent to an activating group) is 1. The van der Waals surface area contributed by atoms with Gasteiger partial charge in [0.15, 0.2) is 0 Å². The number of carbonyl (C=O) groups is 3. The average molecular weight is 428 g/mol. The number of amides is 2. The van der Waals surface area contributed by atoms with Gasteiger partial charge in [-0.05, 0) is 56.8 Å². The zero-order chi connectivity index (χ0) is 22.8. The summed E-state index contributed by atoms with van der Waals surface area (Å²) in [6.45, 7) is 6.09. The molecule has 0 saturated heterocycles. The van der Waals surface area contributed by atoms with E-state index in [4.69, 9.17) is 9.47 Å². The second kappa shape index (κ2) is 11.7. The second-order valence-corrected chi connectivity index (χ2v) is 7.16. The van der Waals surface area contributed by atoms with Crippen LogP contribution in [0.25, 0.3) is 0 Å². The molecule has 31 heavy (non-hydrogen) atoms. The van der Waals surface area contributed by atoms with E-state index in [1.165, 1.54) is 0 Å². The highest BCUT2D eigenvalue weighted by Gasteiger charge is 2.14. The molecule has 0 heterocycles. The third-order valence-corrected chi connectivity index (χ3v) is 4.28. The Labute approximate surface area is 182 Å². The molecule has 2 N–H and O–H groups in total. The van der Waals surface area contributed by atoms with Crippen LogP contribution in [0.2, 0.25) is 0 Å². The summed E-state index contributed by atoms with van der Waals surface area (Å²) in [7, 11) is 1.56. The van der Waals surface area contributed by atoms with E-state index in [0.717, 1.165) is 0 Å². The molecular weight excluding hydrogens is 398 g/mol. The zero-order valence-electron chi connectivity index (χ0n) is 18.3. The van der Waals surface area contributed by atoms with Crippen molar-refractivity contribution in [3.05, 3.63) is 54.1 Å². The minimum Gasteiger partial charge on any atom is -0.497 e. The van der Waals surface area contributed by atoms with Crippen LogP contribution in [0.15, 0.2) is 48.5 Å². The number of nitrogens with zero attached hydrogens (tertiary/aromatic N) is 1. The molecule has 0 atom stereocenters. The van der Waals surface area contributed by atoms with Gasteiger partial charge < -0.3 is 20.1 Å². The maximum absolute atomic E-state index is 12.4. The Hall–Kier alpha value is -3.39. The fourth-order valence-electron chi connectivity index (χ4n) is 2.76. The molecule has 0 fully saturated rings. The molecule has 0 aliphatic rings. The zero-order valence-corrected chi connectivity index (χ0v) is 18.3. The molecule has 0 unspecified atom stereocenters. The molecule has 8 heteroatoms. The number of hydrogen-bond donors (Lipinski definition) is 2. The lowest BCUT2D eigenvalue weighted by Gasteiger charge is -2.19. The van der Waals surface area contributed by atoms with E-state index in [0.29, 0.717) is 29.2 Å². The Balaban J connectivity index is 1.86. The van der Waals surface area contributed by atoms with Crippen molar-refractivity contribution < 1.29 is 23.9 Å². The summed E-state index contributed by atoms with van der Waals surface area (Å²) in [5.41, 5.74) is 1.60. The minimum atomic E-state index is -0.410. The third kappa shape index (κ3) is 8.10. The Morgan fingerprint density at radius 2 is 1.55 bits per heavy atom. The van der Waals surface area contributed by atoms with Crippen LogP contribution in [0, 0.1) is 0 Å². The summed E-state index contributed by atoms with van der Waals surface area (Å²) in [4.78, 5) is 38.3. The number of anilines is 2. The SMILES string of the molecule is CCN(CC(=O)Nc1ccc(C(=O)OC(C)C)cc1)CC(=O)Nc1cccc(OC)c1. The summed E-state index contributed by atoms with van der Waals surface area (Å²) >= 11 is 0. The Morgan fingerprint density at radius 1 is 0.935 bits per heavy atom. The van der Waals surface area contributed by atoms with Gasteiger partial charge >= 0.3 is 5.97 Å². The van der Waals surface area contributed by atoms with E-state index in [9.17, 15) is 14.4 Å². The molecule has 8 nitrogen and oxygen atoms in total. The van der Waals surface area contributed by atoms with E-state index in [1.807, 2.05) is 6.92 Å². The summed E-state index contributed by atoms with van der Waals surface area (Å²) in [5, 5.41) is 5.57. The minimum absolute atomic E-state index is 0.0547. The van der Waals surface area contributed by atoms with Crippen LogP contribution >= 0.6 is 0 Å². The smallest absolute Gasteiger partial charge is 0.338 e. The molecule has 2 aromatic rings. The summed E-state index contributed by atoms with van der Waals surface area (Å²) < 4.78 is 10.3. The Morgan fingerprint density at radius 3 is 2.10 bits per heavy atom. The Bertz CT molecular complexity index is 896. The number of benzene rings is 2. The van der Waals surface area contributed by atoms with Crippen molar-refractivity contribution in [3.63, 3.8) is 0 Å². The van der Waals surface area contributed by atoms with Crippen molar-refractivity contribution in [1.29, 1.82) is 0 Å². The number of nitrogens with one attached hydrogen (secondary N) is 2. The molecule has 0 spiro atoms. The summed E-state index contributed by atoms with van der Waals surface area (Å²) in [6.07, 6.45) is -0.201. The lowest BCUT2D eigenvalue weighted by molar-refractivity contribution is -0.119. The van der Waals surface area contributed by atoms with E-state index in [1.54, 1.807) is 74.4 Å². The van der Waals surface area contributed by atoms with Crippen LogP contribution in [0.5, 0.6) is 5.75 Å². The lowest BCUT2D eigenvalue weighted by Crippen LogP contribution is -2.38. The second-order valence-electron chi connectivity index (χ2n) is 7.16. The first kappa shape index (κ1) is 23.9.